The van der Waals surface area contributed by atoms with Crippen LogP contribution in [0.4, 0.5) is 5.13 Å². The van der Waals surface area contributed by atoms with Gasteiger partial charge in [-0.2, -0.15) is 0 Å². The summed E-state index contributed by atoms with van der Waals surface area (Å²) in [5.41, 5.74) is 2.99. The zero-order valence-electron chi connectivity index (χ0n) is 15.2. The Morgan fingerprint density at radius 2 is 1.81 bits per heavy atom. The van der Waals surface area contributed by atoms with Crippen LogP contribution in [0.1, 0.15) is 25.7 Å². The molecule has 2 aromatic heterocycles. The molecule has 2 saturated heterocycles. The van der Waals surface area contributed by atoms with E-state index in [-0.39, 0.29) is 6.01 Å². The van der Waals surface area contributed by atoms with Crippen molar-refractivity contribution in [2.24, 2.45) is 0 Å². The third kappa shape index (κ3) is 3.37. The van der Waals surface area contributed by atoms with Crippen LogP contribution in [0.2, 0.25) is 0 Å². The van der Waals surface area contributed by atoms with Crippen LogP contribution in [0.3, 0.4) is 0 Å². The lowest BCUT2D eigenvalue weighted by molar-refractivity contribution is 0.175. The van der Waals surface area contributed by atoms with Gasteiger partial charge in [0.25, 0.3) is 0 Å². The molecule has 3 aromatic rings. The van der Waals surface area contributed by atoms with Crippen molar-refractivity contribution in [3.05, 3.63) is 30.6 Å². The van der Waals surface area contributed by atoms with Gasteiger partial charge in [0.2, 0.25) is 0 Å². The number of aromatic hydroxyl groups is 1. The number of aromatic nitrogens is 3. The van der Waals surface area contributed by atoms with Crippen LogP contribution in [0, 0.1) is 0 Å². The van der Waals surface area contributed by atoms with Crippen LogP contribution >= 0.6 is 11.3 Å². The van der Waals surface area contributed by atoms with E-state index in [2.05, 4.69) is 31.9 Å². The summed E-state index contributed by atoms with van der Waals surface area (Å²) in [6.07, 6.45) is 8.62. The zero-order chi connectivity index (χ0) is 18.2. The number of benzene rings is 1. The molecule has 0 radical (unpaired) electrons. The van der Waals surface area contributed by atoms with E-state index < -0.39 is 0 Å². The van der Waals surface area contributed by atoms with Gasteiger partial charge < -0.3 is 10.0 Å². The SMILES string of the molecule is Oc1ncc(-c2ccc3nc(N4CCC(N5CCCCC5)C4)sc3c2)cn1. The molecule has 2 fully saturated rings. The number of anilines is 1. The number of hydrogen-bond donors (Lipinski definition) is 1. The molecule has 1 N–H and O–H groups in total. The van der Waals surface area contributed by atoms with Crippen molar-refractivity contribution in [1.82, 2.24) is 19.9 Å². The van der Waals surface area contributed by atoms with Crippen molar-refractivity contribution >= 4 is 26.7 Å². The van der Waals surface area contributed by atoms with Crippen molar-refractivity contribution < 1.29 is 5.11 Å². The Hall–Kier alpha value is -2.25. The average Bonchev–Trinajstić information content (AvgIpc) is 3.36. The van der Waals surface area contributed by atoms with Gasteiger partial charge in [-0.1, -0.05) is 23.8 Å². The number of rotatable bonds is 3. The standard InChI is InChI=1S/C20H23N5OS/c26-19-21-11-15(12-22-19)14-4-5-17-18(10-14)27-20(23-17)25-9-6-16(13-25)24-7-2-1-3-8-24/h4-5,10-12,16H,1-3,6-9,13H2,(H,21,22,26). The molecule has 0 aliphatic carbocycles. The summed E-state index contributed by atoms with van der Waals surface area (Å²) in [6, 6.07) is 6.74. The summed E-state index contributed by atoms with van der Waals surface area (Å²) in [6.45, 7) is 4.71. The quantitative estimate of drug-likeness (QED) is 0.749. The zero-order valence-corrected chi connectivity index (χ0v) is 16.0. The Bertz CT molecular complexity index is 935. The highest BCUT2D eigenvalue weighted by molar-refractivity contribution is 7.22. The Balaban J connectivity index is 1.36. The van der Waals surface area contributed by atoms with Gasteiger partial charge in [0.1, 0.15) is 0 Å². The first-order valence-corrected chi connectivity index (χ1v) is 10.5. The summed E-state index contributed by atoms with van der Waals surface area (Å²) < 4.78 is 1.18. The number of nitrogens with zero attached hydrogens (tertiary/aromatic N) is 5. The van der Waals surface area contributed by atoms with E-state index in [0.29, 0.717) is 6.04 Å². The van der Waals surface area contributed by atoms with Crippen molar-refractivity contribution in [1.29, 1.82) is 0 Å². The molecule has 1 atom stereocenters. The Morgan fingerprint density at radius 3 is 2.63 bits per heavy atom. The van der Waals surface area contributed by atoms with Gasteiger partial charge >= 0.3 is 6.01 Å². The van der Waals surface area contributed by atoms with Crippen molar-refractivity contribution in [3.8, 4) is 17.1 Å². The van der Waals surface area contributed by atoms with Gasteiger partial charge in [0.15, 0.2) is 5.13 Å². The molecule has 27 heavy (non-hydrogen) atoms. The van der Waals surface area contributed by atoms with Crippen LogP contribution in [-0.2, 0) is 0 Å². The first-order chi connectivity index (χ1) is 13.3. The van der Waals surface area contributed by atoms with Gasteiger partial charge in [0, 0.05) is 37.1 Å². The van der Waals surface area contributed by atoms with Crippen molar-refractivity contribution in [2.45, 2.75) is 31.7 Å². The minimum atomic E-state index is -0.197. The molecule has 0 bridgehead atoms. The fourth-order valence-corrected chi connectivity index (χ4v) is 5.23. The molecule has 6 nitrogen and oxygen atoms in total. The molecule has 0 spiro atoms. The van der Waals surface area contributed by atoms with Gasteiger partial charge in [-0.15, -0.1) is 0 Å². The normalized spacial score (nSPS) is 21.2. The Labute approximate surface area is 162 Å². The molecule has 2 aliphatic rings. The second-order valence-electron chi connectivity index (χ2n) is 7.44. The second kappa shape index (κ2) is 7.05. The molecule has 2 aliphatic heterocycles. The monoisotopic (exact) mass is 381 g/mol. The predicted octanol–water partition coefficient (Wildman–Crippen LogP) is 3.52. The minimum Gasteiger partial charge on any atom is -0.479 e. The molecular formula is C20H23N5OS. The van der Waals surface area contributed by atoms with Gasteiger partial charge in [-0.05, 0) is 50.0 Å². The fraction of sp³-hybridized carbons (Fsp3) is 0.450. The second-order valence-corrected chi connectivity index (χ2v) is 8.44. The maximum absolute atomic E-state index is 9.28. The third-order valence-electron chi connectivity index (χ3n) is 5.69. The van der Waals surface area contributed by atoms with Gasteiger partial charge in [-0.3, -0.25) is 4.90 Å². The Kier molecular flexibility index (Phi) is 4.41. The van der Waals surface area contributed by atoms with E-state index in [4.69, 9.17) is 4.98 Å². The summed E-state index contributed by atoms with van der Waals surface area (Å²) in [5.74, 6) is 0. The van der Waals surface area contributed by atoms with E-state index >= 15 is 0 Å². The third-order valence-corrected chi connectivity index (χ3v) is 6.77. The number of piperidine rings is 1. The topological polar surface area (TPSA) is 65.4 Å². The molecule has 140 valence electrons. The van der Waals surface area contributed by atoms with E-state index in [0.717, 1.165) is 34.9 Å². The molecule has 4 heterocycles. The van der Waals surface area contributed by atoms with E-state index in [1.54, 1.807) is 23.7 Å². The fourth-order valence-electron chi connectivity index (χ4n) is 4.19. The first-order valence-electron chi connectivity index (χ1n) is 9.67. The molecule has 7 heteroatoms. The van der Waals surface area contributed by atoms with Crippen molar-refractivity contribution in [3.63, 3.8) is 0 Å². The van der Waals surface area contributed by atoms with Gasteiger partial charge in [-0.25, -0.2) is 15.0 Å². The van der Waals surface area contributed by atoms with Crippen LogP contribution < -0.4 is 4.90 Å². The van der Waals surface area contributed by atoms with E-state index in [1.165, 1.54) is 43.5 Å². The lowest BCUT2D eigenvalue weighted by atomic mass is 10.1. The molecule has 0 saturated carbocycles. The summed E-state index contributed by atoms with van der Waals surface area (Å²) in [7, 11) is 0. The van der Waals surface area contributed by atoms with E-state index in [1.807, 2.05) is 6.07 Å². The minimum absolute atomic E-state index is 0.197. The van der Waals surface area contributed by atoms with Crippen molar-refractivity contribution in [2.75, 3.05) is 31.1 Å². The molecular weight excluding hydrogens is 358 g/mol. The van der Waals surface area contributed by atoms with Gasteiger partial charge in [0.05, 0.1) is 10.2 Å². The highest BCUT2D eigenvalue weighted by Crippen LogP contribution is 2.34. The Morgan fingerprint density at radius 1 is 1.00 bits per heavy atom. The average molecular weight is 382 g/mol. The highest BCUT2D eigenvalue weighted by Gasteiger charge is 2.29. The summed E-state index contributed by atoms with van der Waals surface area (Å²) in [5, 5.41) is 10.4. The number of thiazole rings is 1. The number of fused-ring (bicyclic) bond motifs is 1. The van der Waals surface area contributed by atoms with Crippen LogP contribution in [0.15, 0.2) is 30.6 Å². The number of hydrogen-bond acceptors (Lipinski definition) is 7. The van der Waals surface area contributed by atoms with Crippen LogP contribution in [-0.4, -0.2) is 57.2 Å². The number of likely N-dealkylation sites (tertiary alicyclic amines) is 1. The van der Waals surface area contributed by atoms with Crippen LogP contribution in [0.5, 0.6) is 6.01 Å². The lowest BCUT2D eigenvalue weighted by Gasteiger charge is -2.32. The summed E-state index contributed by atoms with van der Waals surface area (Å²) >= 11 is 1.76. The smallest absolute Gasteiger partial charge is 0.313 e. The molecule has 1 unspecified atom stereocenters. The predicted molar refractivity (Wildman–Crippen MR) is 108 cm³/mol. The molecule has 0 amide bonds. The molecule has 1 aromatic carbocycles. The maximum atomic E-state index is 9.28. The first kappa shape index (κ1) is 16.9. The lowest BCUT2D eigenvalue weighted by Crippen LogP contribution is -2.40. The highest BCUT2D eigenvalue weighted by atomic mass is 32.1. The van der Waals surface area contributed by atoms with E-state index in [9.17, 15) is 5.11 Å². The molecule has 5 rings (SSSR count). The van der Waals surface area contributed by atoms with Crippen LogP contribution in [0.25, 0.3) is 21.3 Å². The maximum Gasteiger partial charge on any atom is 0.313 e. The summed E-state index contributed by atoms with van der Waals surface area (Å²) in [4.78, 5) is 17.8. The largest absolute Gasteiger partial charge is 0.479 e.